The van der Waals surface area contributed by atoms with Crippen molar-refractivity contribution in [3.63, 3.8) is 0 Å². The Balaban J connectivity index is 1.40. The standard InChI is InChI=1S/C27H30N6O3S/c1-18-16-27(2,3)33(17-18)25-20(10-7-15-29-25)26(34)32-37(35,36)23-13-5-12-22(31-23)30-21-11-4-8-19-9-6-14-28-24(19)21/h4-15,18,26,32,34H,16-17H2,1-3H3,(H,30,31). The highest BCUT2D eigenvalue weighted by molar-refractivity contribution is 7.89. The van der Waals surface area contributed by atoms with Crippen molar-refractivity contribution in [2.75, 3.05) is 16.8 Å². The van der Waals surface area contributed by atoms with Gasteiger partial charge in [-0.15, -0.1) is 0 Å². The van der Waals surface area contributed by atoms with Gasteiger partial charge in [-0.2, -0.15) is 4.72 Å². The number of aliphatic hydroxyl groups is 1. The fraction of sp³-hybridized carbons (Fsp3) is 0.296. The van der Waals surface area contributed by atoms with E-state index in [1.807, 2.05) is 30.3 Å². The second-order valence-electron chi connectivity index (χ2n) is 10.0. The molecule has 2 unspecified atom stereocenters. The van der Waals surface area contributed by atoms with E-state index in [0.717, 1.165) is 23.9 Å². The van der Waals surface area contributed by atoms with Gasteiger partial charge in [0.2, 0.25) is 0 Å². The van der Waals surface area contributed by atoms with Crippen LogP contribution in [0, 0.1) is 5.92 Å². The Morgan fingerprint density at radius 2 is 1.76 bits per heavy atom. The molecule has 10 heteroatoms. The number of fused-ring (bicyclic) bond motifs is 1. The summed E-state index contributed by atoms with van der Waals surface area (Å²) in [6.07, 6.45) is 2.82. The molecule has 3 aromatic heterocycles. The van der Waals surface area contributed by atoms with Gasteiger partial charge in [-0.25, -0.2) is 18.4 Å². The Hall–Kier alpha value is -3.60. The van der Waals surface area contributed by atoms with Crippen LogP contribution in [0.2, 0.25) is 0 Å². The topological polar surface area (TPSA) is 120 Å². The summed E-state index contributed by atoms with van der Waals surface area (Å²) >= 11 is 0. The highest BCUT2D eigenvalue weighted by Crippen LogP contribution is 2.38. The third kappa shape index (κ3) is 5.13. The first kappa shape index (κ1) is 25.1. The van der Waals surface area contributed by atoms with E-state index in [2.05, 4.69) is 50.7 Å². The number of anilines is 3. The van der Waals surface area contributed by atoms with Gasteiger partial charge in [0.1, 0.15) is 17.9 Å². The summed E-state index contributed by atoms with van der Waals surface area (Å²) in [7, 11) is -4.16. The molecule has 2 atom stereocenters. The van der Waals surface area contributed by atoms with Crippen LogP contribution < -0.4 is 14.9 Å². The van der Waals surface area contributed by atoms with Crippen LogP contribution in [0.4, 0.5) is 17.3 Å². The molecule has 1 aliphatic heterocycles. The molecule has 1 saturated heterocycles. The number of pyridine rings is 3. The average molecular weight is 519 g/mol. The van der Waals surface area contributed by atoms with Crippen LogP contribution in [0.1, 0.15) is 39.0 Å². The molecule has 0 amide bonds. The summed E-state index contributed by atoms with van der Waals surface area (Å²) < 4.78 is 28.8. The van der Waals surface area contributed by atoms with E-state index in [-0.39, 0.29) is 10.6 Å². The van der Waals surface area contributed by atoms with Crippen molar-refractivity contribution < 1.29 is 13.5 Å². The Labute approximate surface area is 216 Å². The number of hydrogen-bond acceptors (Lipinski definition) is 8. The minimum Gasteiger partial charge on any atom is -0.373 e. The van der Waals surface area contributed by atoms with E-state index >= 15 is 0 Å². The lowest BCUT2D eigenvalue weighted by molar-refractivity contribution is 0.166. The molecule has 5 rings (SSSR count). The van der Waals surface area contributed by atoms with E-state index in [1.54, 1.807) is 36.7 Å². The maximum absolute atomic E-state index is 13.2. The van der Waals surface area contributed by atoms with Crippen molar-refractivity contribution in [1.29, 1.82) is 0 Å². The molecule has 0 bridgehead atoms. The molecule has 4 aromatic rings. The third-order valence-corrected chi connectivity index (χ3v) is 7.91. The van der Waals surface area contributed by atoms with E-state index in [0.29, 0.717) is 28.8 Å². The first-order valence-electron chi connectivity index (χ1n) is 12.1. The molecular weight excluding hydrogens is 488 g/mol. The van der Waals surface area contributed by atoms with Crippen molar-refractivity contribution in [2.24, 2.45) is 5.92 Å². The lowest BCUT2D eigenvalue weighted by Gasteiger charge is -2.34. The molecule has 37 heavy (non-hydrogen) atoms. The predicted octanol–water partition coefficient (Wildman–Crippen LogP) is 4.36. The first-order chi connectivity index (χ1) is 17.6. The molecule has 0 saturated carbocycles. The molecular formula is C27H30N6O3S. The number of aliphatic hydroxyl groups excluding tert-OH is 1. The van der Waals surface area contributed by atoms with E-state index in [1.165, 1.54) is 6.07 Å². The largest absolute Gasteiger partial charge is 0.373 e. The fourth-order valence-corrected chi connectivity index (χ4v) is 6.07. The molecule has 0 spiro atoms. The summed E-state index contributed by atoms with van der Waals surface area (Å²) in [5.74, 6) is 1.36. The minimum absolute atomic E-state index is 0.168. The molecule has 3 N–H and O–H groups in total. The first-order valence-corrected chi connectivity index (χ1v) is 13.6. The number of nitrogens with one attached hydrogen (secondary N) is 2. The summed E-state index contributed by atoms with van der Waals surface area (Å²) in [5.41, 5.74) is 1.68. The maximum atomic E-state index is 13.2. The van der Waals surface area contributed by atoms with Crippen LogP contribution in [-0.2, 0) is 10.0 Å². The molecule has 1 aromatic carbocycles. The molecule has 192 valence electrons. The quantitative estimate of drug-likeness (QED) is 0.309. The molecule has 1 fully saturated rings. The molecule has 0 radical (unpaired) electrons. The van der Waals surface area contributed by atoms with Crippen molar-refractivity contribution in [3.8, 4) is 0 Å². The summed E-state index contributed by atoms with van der Waals surface area (Å²) in [4.78, 5) is 15.3. The second kappa shape index (κ2) is 9.70. The van der Waals surface area contributed by atoms with Crippen molar-refractivity contribution in [3.05, 3.63) is 78.6 Å². The zero-order valence-electron chi connectivity index (χ0n) is 21.0. The lowest BCUT2D eigenvalue weighted by atomic mass is 9.97. The van der Waals surface area contributed by atoms with Gasteiger partial charge in [-0.3, -0.25) is 4.98 Å². The van der Waals surface area contributed by atoms with E-state index in [4.69, 9.17) is 0 Å². The van der Waals surface area contributed by atoms with Crippen LogP contribution in [0.15, 0.2) is 78.1 Å². The molecule has 1 aliphatic rings. The fourth-order valence-electron chi connectivity index (χ4n) is 5.06. The number of nitrogens with zero attached hydrogens (tertiary/aromatic N) is 4. The number of para-hydroxylation sites is 1. The van der Waals surface area contributed by atoms with E-state index < -0.39 is 16.3 Å². The number of hydrogen-bond donors (Lipinski definition) is 3. The number of benzene rings is 1. The van der Waals surface area contributed by atoms with Gasteiger partial charge < -0.3 is 15.3 Å². The summed E-state index contributed by atoms with van der Waals surface area (Å²) in [5, 5.41) is 14.9. The van der Waals surface area contributed by atoms with Gasteiger partial charge in [-0.1, -0.05) is 31.2 Å². The van der Waals surface area contributed by atoms with Crippen LogP contribution in [0.3, 0.4) is 0 Å². The number of rotatable bonds is 7. The monoisotopic (exact) mass is 518 g/mol. The predicted molar refractivity (Wildman–Crippen MR) is 144 cm³/mol. The Morgan fingerprint density at radius 1 is 1.03 bits per heavy atom. The number of aromatic nitrogens is 3. The van der Waals surface area contributed by atoms with Crippen LogP contribution >= 0.6 is 0 Å². The summed E-state index contributed by atoms with van der Waals surface area (Å²) in [6, 6.07) is 17.5. The Morgan fingerprint density at radius 3 is 2.54 bits per heavy atom. The SMILES string of the molecule is CC1CN(c2ncccc2C(O)NS(=O)(=O)c2cccc(Nc3cccc4cccnc34)n2)C(C)(C)C1. The van der Waals surface area contributed by atoms with Gasteiger partial charge in [0.25, 0.3) is 10.0 Å². The Kier molecular flexibility index (Phi) is 6.57. The van der Waals surface area contributed by atoms with Gasteiger partial charge >= 0.3 is 0 Å². The van der Waals surface area contributed by atoms with Gasteiger partial charge in [0, 0.05) is 35.4 Å². The van der Waals surface area contributed by atoms with Crippen LogP contribution in [0.25, 0.3) is 10.9 Å². The maximum Gasteiger partial charge on any atom is 0.260 e. The van der Waals surface area contributed by atoms with Crippen molar-refractivity contribution in [2.45, 2.75) is 44.0 Å². The van der Waals surface area contributed by atoms with Crippen LogP contribution in [-0.4, -0.2) is 40.6 Å². The number of sulfonamides is 1. The smallest absolute Gasteiger partial charge is 0.260 e. The molecule has 4 heterocycles. The zero-order chi connectivity index (χ0) is 26.2. The minimum atomic E-state index is -4.16. The highest BCUT2D eigenvalue weighted by atomic mass is 32.2. The molecule has 9 nitrogen and oxygen atoms in total. The third-order valence-electron chi connectivity index (χ3n) is 6.60. The van der Waals surface area contributed by atoms with Crippen molar-refractivity contribution >= 4 is 38.2 Å². The zero-order valence-corrected chi connectivity index (χ0v) is 21.8. The molecule has 0 aliphatic carbocycles. The average Bonchev–Trinajstić information content (AvgIpc) is 3.15. The van der Waals surface area contributed by atoms with Gasteiger partial charge in [0.15, 0.2) is 5.03 Å². The second-order valence-corrected chi connectivity index (χ2v) is 11.7. The lowest BCUT2D eigenvalue weighted by Crippen LogP contribution is -2.40. The summed E-state index contributed by atoms with van der Waals surface area (Å²) in [6.45, 7) is 7.19. The van der Waals surface area contributed by atoms with Crippen molar-refractivity contribution in [1.82, 2.24) is 19.7 Å². The van der Waals surface area contributed by atoms with E-state index in [9.17, 15) is 13.5 Å². The van der Waals surface area contributed by atoms with Gasteiger partial charge in [0.05, 0.1) is 11.2 Å². The van der Waals surface area contributed by atoms with Gasteiger partial charge in [-0.05, 0) is 62.6 Å². The highest BCUT2D eigenvalue weighted by Gasteiger charge is 2.39. The van der Waals surface area contributed by atoms with Crippen LogP contribution in [0.5, 0.6) is 0 Å². The Bertz CT molecular complexity index is 1540. The normalized spacial score (nSPS) is 18.2.